The van der Waals surface area contributed by atoms with Crippen LogP contribution in [0.15, 0.2) is 47.4 Å². The summed E-state index contributed by atoms with van der Waals surface area (Å²) in [5, 5.41) is 1.63. The van der Waals surface area contributed by atoms with Crippen molar-refractivity contribution in [3.8, 4) is 0 Å². The van der Waals surface area contributed by atoms with E-state index < -0.39 is 37.7 Å². The minimum Gasteiger partial charge on any atom is -0.351 e. The van der Waals surface area contributed by atoms with Gasteiger partial charge in [-0.2, -0.15) is 13.2 Å². The normalized spacial score (nSPS) is 11.8. The second-order valence-electron chi connectivity index (χ2n) is 4.81. The molecule has 0 aromatic heterocycles. The molecule has 0 heterocycles. The van der Waals surface area contributed by atoms with Gasteiger partial charge in [0.2, 0.25) is 0 Å². The number of sulfonamides is 1. The first-order chi connectivity index (χ1) is 11.5. The van der Waals surface area contributed by atoms with Crippen molar-refractivity contribution in [2.24, 2.45) is 5.73 Å². The standard InChI is InChI=1S/C14H11ClF3N3O3S/c15-12-5-4-10(7-11(12)14(16,17)18)25(23,24)21-9-3-1-2-8(6-9)20-13(19)22/h1-7,21H,(H3,19,20,22). The van der Waals surface area contributed by atoms with Crippen molar-refractivity contribution in [1.29, 1.82) is 0 Å². The van der Waals surface area contributed by atoms with E-state index in [-0.39, 0.29) is 11.4 Å². The number of rotatable bonds is 4. The molecule has 0 fully saturated rings. The molecule has 134 valence electrons. The monoisotopic (exact) mass is 393 g/mol. The summed E-state index contributed by atoms with van der Waals surface area (Å²) in [6.45, 7) is 0. The summed E-state index contributed by atoms with van der Waals surface area (Å²) in [4.78, 5) is 10.2. The molecule has 0 aliphatic carbocycles. The Labute approximate surface area is 145 Å². The number of primary amides is 1. The van der Waals surface area contributed by atoms with Gasteiger partial charge in [0.05, 0.1) is 21.2 Å². The van der Waals surface area contributed by atoms with Crippen LogP contribution in [0.5, 0.6) is 0 Å². The molecular formula is C14H11ClF3N3O3S. The zero-order chi connectivity index (χ0) is 18.8. The van der Waals surface area contributed by atoms with Gasteiger partial charge in [0.15, 0.2) is 0 Å². The number of carbonyl (C=O) groups is 1. The Morgan fingerprint density at radius 2 is 1.72 bits per heavy atom. The van der Waals surface area contributed by atoms with Gasteiger partial charge in [-0.05, 0) is 36.4 Å². The summed E-state index contributed by atoms with van der Waals surface area (Å²) in [5.41, 5.74) is 3.92. The number of benzene rings is 2. The highest BCUT2D eigenvalue weighted by atomic mass is 35.5. The van der Waals surface area contributed by atoms with E-state index >= 15 is 0 Å². The van der Waals surface area contributed by atoms with Crippen molar-refractivity contribution in [3.63, 3.8) is 0 Å². The lowest BCUT2D eigenvalue weighted by molar-refractivity contribution is -0.137. The highest BCUT2D eigenvalue weighted by Crippen LogP contribution is 2.36. The first-order valence-electron chi connectivity index (χ1n) is 6.55. The summed E-state index contributed by atoms with van der Waals surface area (Å²) >= 11 is 5.47. The molecule has 11 heteroatoms. The molecule has 0 saturated carbocycles. The lowest BCUT2D eigenvalue weighted by Gasteiger charge is -2.13. The van der Waals surface area contributed by atoms with E-state index in [4.69, 9.17) is 17.3 Å². The van der Waals surface area contributed by atoms with E-state index in [2.05, 4.69) is 10.0 Å². The summed E-state index contributed by atoms with van der Waals surface area (Å²) in [6.07, 6.45) is -4.80. The molecule has 0 aliphatic rings. The van der Waals surface area contributed by atoms with Crippen molar-refractivity contribution in [2.75, 3.05) is 10.0 Å². The third-order valence-corrected chi connectivity index (χ3v) is 4.64. The summed E-state index contributed by atoms with van der Waals surface area (Å²) in [7, 11) is -4.31. The van der Waals surface area contributed by atoms with Crippen molar-refractivity contribution in [3.05, 3.63) is 53.1 Å². The van der Waals surface area contributed by atoms with Crippen LogP contribution in [0.25, 0.3) is 0 Å². The maximum Gasteiger partial charge on any atom is 0.417 e. The van der Waals surface area contributed by atoms with E-state index in [0.29, 0.717) is 6.07 Å². The van der Waals surface area contributed by atoms with Crippen molar-refractivity contribution in [2.45, 2.75) is 11.1 Å². The van der Waals surface area contributed by atoms with E-state index in [1.807, 2.05) is 0 Å². The van der Waals surface area contributed by atoms with Crippen molar-refractivity contribution >= 4 is 39.0 Å². The Bertz CT molecular complexity index is 917. The molecule has 25 heavy (non-hydrogen) atoms. The van der Waals surface area contributed by atoms with Gasteiger partial charge in [-0.3, -0.25) is 4.72 Å². The van der Waals surface area contributed by atoms with Gasteiger partial charge in [-0.15, -0.1) is 0 Å². The third-order valence-electron chi connectivity index (χ3n) is 2.94. The average Bonchev–Trinajstić information content (AvgIpc) is 2.45. The SMILES string of the molecule is NC(=O)Nc1cccc(NS(=O)(=O)c2ccc(Cl)c(C(F)(F)F)c2)c1. The first-order valence-corrected chi connectivity index (χ1v) is 8.41. The topological polar surface area (TPSA) is 101 Å². The third kappa shape index (κ3) is 4.77. The number of amides is 2. The Hall–Kier alpha value is -2.46. The van der Waals surface area contributed by atoms with Gasteiger partial charge in [-0.1, -0.05) is 17.7 Å². The Balaban J connectivity index is 2.36. The molecule has 0 radical (unpaired) electrons. The summed E-state index contributed by atoms with van der Waals surface area (Å²) in [6, 6.07) is 6.87. The van der Waals surface area contributed by atoms with E-state index in [1.165, 1.54) is 24.3 Å². The number of hydrogen-bond acceptors (Lipinski definition) is 3. The lowest BCUT2D eigenvalue weighted by Crippen LogP contribution is -2.19. The summed E-state index contributed by atoms with van der Waals surface area (Å²) in [5.74, 6) is 0. The number of halogens is 4. The number of anilines is 2. The van der Waals surface area contributed by atoms with Crippen LogP contribution in [0.3, 0.4) is 0 Å². The van der Waals surface area contributed by atoms with E-state index in [1.54, 1.807) is 0 Å². The molecule has 0 bridgehead atoms. The van der Waals surface area contributed by atoms with Gasteiger partial charge in [0.25, 0.3) is 10.0 Å². The van der Waals surface area contributed by atoms with Gasteiger partial charge in [-0.25, -0.2) is 13.2 Å². The molecule has 0 unspecified atom stereocenters. The number of hydrogen-bond donors (Lipinski definition) is 3. The molecule has 0 saturated heterocycles. The predicted octanol–water partition coefficient (Wildman–Crippen LogP) is 3.65. The molecule has 6 nitrogen and oxygen atoms in total. The van der Waals surface area contributed by atoms with Crippen LogP contribution in [0, 0.1) is 0 Å². The number of nitrogens with two attached hydrogens (primary N) is 1. The zero-order valence-electron chi connectivity index (χ0n) is 12.3. The Morgan fingerprint density at radius 3 is 2.32 bits per heavy atom. The number of carbonyl (C=O) groups excluding carboxylic acids is 1. The van der Waals surface area contributed by atoms with Crippen LogP contribution in [0.2, 0.25) is 5.02 Å². The van der Waals surface area contributed by atoms with Crippen LogP contribution in [-0.2, 0) is 16.2 Å². The van der Waals surface area contributed by atoms with Gasteiger partial charge < -0.3 is 11.1 Å². The Morgan fingerprint density at radius 1 is 1.08 bits per heavy atom. The van der Waals surface area contributed by atoms with Gasteiger partial charge in [0.1, 0.15) is 0 Å². The van der Waals surface area contributed by atoms with Crippen LogP contribution in [0.4, 0.5) is 29.3 Å². The molecule has 2 rings (SSSR count). The van der Waals surface area contributed by atoms with Gasteiger partial charge >= 0.3 is 12.2 Å². The van der Waals surface area contributed by atoms with Crippen LogP contribution in [-0.4, -0.2) is 14.4 Å². The molecule has 0 atom stereocenters. The highest BCUT2D eigenvalue weighted by molar-refractivity contribution is 7.92. The lowest BCUT2D eigenvalue weighted by atomic mass is 10.2. The fraction of sp³-hybridized carbons (Fsp3) is 0.0714. The largest absolute Gasteiger partial charge is 0.417 e. The minimum atomic E-state index is -4.80. The molecule has 0 aliphatic heterocycles. The molecule has 2 aromatic rings. The van der Waals surface area contributed by atoms with Crippen LogP contribution < -0.4 is 15.8 Å². The molecular weight excluding hydrogens is 383 g/mol. The molecule has 2 amide bonds. The fourth-order valence-electron chi connectivity index (χ4n) is 1.91. The summed E-state index contributed by atoms with van der Waals surface area (Å²) < 4.78 is 65.3. The zero-order valence-corrected chi connectivity index (χ0v) is 13.8. The number of urea groups is 1. The van der Waals surface area contributed by atoms with Crippen LogP contribution >= 0.6 is 11.6 Å². The number of nitrogens with one attached hydrogen (secondary N) is 2. The molecule has 2 aromatic carbocycles. The average molecular weight is 394 g/mol. The quantitative estimate of drug-likeness (QED) is 0.738. The van der Waals surface area contributed by atoms with Crippen molar-refractivity contribution < 1.29 is 26.4 Å². The maximum atomic E-state index is 12.9. The number of alkyl halides is 3. The highest BCUT2D eigenvalue weighted by Gasteiger charge is 2.34. The minimum absolute atomic E-state index is 0.0229. The van der Waals surface area contributed by atoms with E-state index in [9.17, 15) is 26.4 Å². The Kier molecular flexibility index (Phi) is 5.14. The smallest absolute Gasteiger partial charge is 0.351 e. The van der Waals surface area contributed by atoms with Gasteiger partial charge in [0, 0.05) is 5.69 Å². The first kappa shape index (κ1) is 18.9. The molecule has 4 N–H and O–H groups in total. The van der Waals surface area contributed by atoms with Crippen molar-refractivity contribution in [1.82, 2.24) is 0 Å². The van der Waals surface area contributed by atoms with E-state index in [0.717, 1.165) is 12.1 Å². The molecule has 0 spiro atoms. The van der Waals surface area contributed by atoms with Crippen LogP contribution in [0.1, 0.15) is 5.56 Å². The fourth-order valence-corrected chi connectivity index (χ4v) is 3.21. The predicted molar refractivity (Wildman–Crippen MR) is 86.9 cm³/mol. The second-order valence-corrected chi connectivity index (χ2v) is 6.90. The second kappa shape index (κ2) is 6.81. The maximum absolute atomic E-state index is 12.9.